The predicted molar refractivity (Wildman–Crippen MR) is 51.6 cm³/mol. The zero-order chi connectivity index (χ0) is 10.6. The number of unbranched alkanes of at least 4 members (excludes halogenated alkanes) is 1. The third-order valence-corrected chi connectivity index (χ3v) is 2.21. The molecule has 4 nitrogen and oxygen atoms in total. The maximum Gasteiger partial charge on any atom is 0.352 e. The van der Waals surface area contributed by atoms with E-state index in [2.05, 4.69) is 0 Å². The molecule has 4 heteroatoms. The van der Waals surface area contributed by atoms with Crippen LogP contribution >= 0.6 is 0 Å². The predicted octanol–water partition coefficient (Wildman–Crippen LogP) is 1.38. The summed E-state index contributed by atoms with van der Waals surface area (Å²) in [6.07, 6.45) is 4.45. The molecule has 0 aromatic rings. The normalized spacial score (nSPS) is 17.6. The number of hydrogen-bond donors (Lipinski definition) is 1. The molecule has 14 heavy (non-hydrogen) atoms. The van der Waals surface area contributed by atoms with Crippen LogP contribution in [-0.4, -0.2) is 28.4 Å². The Labute approximate surface area is 83.2 Å². The lowest BCUT2D eigenvalue weighted by atomic mass is 10.2. The summed E-state index contributed by atoms with van der Waals surface area (Å²) < 4.78 is 0. The highest BCUT2D eigenvalue weighted by molar-refractivity contribution is 5.93. The van der Waals surface area contributed by atoms with Gasteiger partial charge in [-0.3, -0.25) is 4.79 Å². The molecule has 1 rings (SSSR count). The van der Waals surface area contributed by atoms with E-state index in [1.54, 1.807) is 6.08 Å². The number of hydrogen-bond acceptors (Lipinski definition) is 2. The maximum absolute atomic E-state index is 11.3. The molecule has 0 radical (unpaired) electrons. The molecule has 0 bridgehead atoms. The fourth-order valence-electron chi connectivity index (χ4n) is 1.50. The maximum atomic E-state index is 11.3. The summed E-state index contributed by atoms with van der Waals surface area (Å²) in [5.74, 6) is -1.08. The summed E-state index contributed by atoms with van der Waals surface area (Å²) >= 11 is 0. The van der Waals surface area contributed by atoms with Crippen molar-refractivity contribution < 1.29 is 14.7 Å². The first kappa shape index (κ1) is 10.8. The van der Waals surface area contributed by atoms with Crippen molar-refractivity contribution in [3.05, 3.63) is 11.8 Å². The molecule has 0 aromatic heterocycles. The zero-order valence-corrected chi connectivity index (χ0v) is 8.32. The van der Waals surface area contributed by atoms with Gasteiger partial charge in [0.05, 0.1) is 0 Å². The molecule has 1 amide bonds. The molecule has 0 atom stereocenters. The van der Waals surface area contributed by atoms with Crippen molar-refractivity contribution in [3.8, 4) is 0 Å². The minimum absolute atomic E-state index is 0.0743. The number of amides is 1. The van der Waals surface area contributed by atoms with Crippen LogP contribution in [0.2, 0.25) is 0 Å². The van der Waals surface area contributed by atoms with Gasteiger partial charge in [-0.05, 0) is 12.8 Å². The molecule has 0 spiro atoms. The lowest BCUT2D eigenvalue weighted by Gasteiger charge is -2.15. The second-order valence-electron chi connectivity index (χ2n) is 3.33. The molecule has 78 valence electrons. The van der Waals surface area contributed by atoms with E-state index in [1.807, 2.05) is 6.92 Å². The molecule has 0 aliphatic carbocycles. The van der Waals surface area contributed by atoms with Gasteiger partial charge < -0.3 is 10.0 Å². The molecule has 0 saturated carbocycles. The summed E-state index contributed by atoms with van der Waals surface area (Å²) in [7, 11) is 0. The molecular weight excluding hydrogens is 182 g/mol. The van der Waals surface area contributed by atoms with Crippen molar-refractivity contribution >= 4 is 11.9 Å². The van der Waals surface area contributed by atoms with Crippen molar-refractivity contribution in [1.29, 1.82) is 0 Å². The summed E-state index contributed by atoms with van der Waals surface area (Å²) in [5, 5.41) is 8.92. The van der Waals surface area contributed by atoms with Crippen LogP contribution in [0.15, 0.2) is 11.8 Å². The van der Waals surface area contributed by atoms with Gasteiger partial charge in [0.25, 0.3) is 0 Å². The van der Waals surface area contributed by atoms with Crippen LogP contribution in [-0.2, 0) is 9.59 Å². The Morgan fingerprint density at radius 1 is 1.64 bits per heavy atom. The summed E-state index contributed by atoms with van der Waals surface area (Å²) in [5.41, 5.74) is 0.148. The Morgan fingerprint density at radius 3 is 2.79 bits per heavy atom. The Bertz CT molecular complexity index is 271. The molecule has 1 fully saturated rings. The topological polar surface area (TPSA) is 57.6 Å². The van der Waals surface area contributed by atoms with Gasteiger partial charge in [-0.2, -0.15) is 0 Å². The van der Waals surface area contributed by atoms with Crippen molar-refractivity contribution in [1.82, 2.24) is 4.90 Å². The van der Waals surface area contributed by atoms with Gasteiger partial charge in [0, 0.05) is 13.0 Å². The van der Waals surface area contributed by atoms with E-state index >= 15 is 0 Å². The van der Waals surface area contributed by atoms with Crippen LogP contribution in [0, 0.1) is 0 Å². The fourth-order valence-corrected chi connectivity index (χ4v) is 1.50. The van der Waals surface area contributed by atoms with E-state index in [4.69, 9.17) is 5.11 Å². The zero-order valence-electron chi connectivity index (χ0n) is 8.32. The summed E-state index contributed by atoms with van der Waals surface area (Å²) in [6, 6.07) is 0. The number of aliphatic carboxylic acids is 1. The van der Waals surface area contributed by atoms with Crippen molar-refractivity contribution in [2.45, 2.75) is 32.6 Å². The SMILES string of the molecule is CCC/C=C(/C(=O)O)N1CCCC1=O. The van der Waals surface area contributed by atoms with E-state index in [1.165, 1.54) is 4.90 Å². The van der Waals surface area contributed by atoms with Crippen molar-refractivity contribution in [2.24, 2.45) is 0 Å². The van der Waals surface area contributed by atoms with Crippen LogP contribution in [0.1, 0.15) is 32.6 Å². The monoisotopic (exact) mass is 197 g/mol. The first-order chi connectivity index (χ1) is 6.66. The van der Waals surface area contributed by atoms with E-state index in [-0.39, 0.29) is 11.6 Å². The first-order valence-corrected chi connectivity index (χ1v) is 4.90. The molecule has 1 heterocycles. The Hall–Kier alpha value is -1.32. The number of likely N-dealkylation sites (tertiary alicyclic amines) is 1. The van der Waals surface area contributed by atoms with Gasteiger partial charge >= 0.3 is 5.97 Å². The Kier molecular flexibility index (Phi) is 3.68. The second kappa shape index (κ2) is 4.79. The smallest absolute Gasteiger partial charge is 0.352 e. The highest BCUT2D eigenvalue weighted by Gasteiger charge is 2.26. The number of carbonyl (C=O) groups is 2. The minimum atomic E-state index is -1.01. The number of allylic oxidation sites excluding steroid dienone is 1. The standard InChI is InChI=1S/C10H15NO3/c1-2-3-5-8(10(13)14)11-7-4-6-9(11)12/h5H,2-4,6-7H2,1H3,(H,13,14)/b8-5-. The van der Waals surface area contributed by atoms with Gasteiger partial charge in [0.15, 0.2) is 0 Å². The van der Waals surface area contributed by atoms with Gasteiger partial charge in [-0.15, -0.1) is 0 Å². The molecule has 0 unspecified atom stereocenters. The summed E-state index contributed by atoms with van der Waals surface area (Å²) in [6.45, 7) is 2.52. The third kappa shape index (κ3) is 2.34. The lowest BCUT2D eigenvalue weighted by molar-refractivity contribution is -0.138. The Balaban J connectivity index is 2.76. The fraction of sp³-hybridized carbons (Fsp3) is 0.600. The van der Waals surface area contributed by atoms with Gasteiger partial charge in [-0.1, -0.05) is 19.4 Å². The minimum Gasteiger partial charge on any atom is -0.477 e. The lowest BCUT2D eigenvalue weighted by Crippen LogP contribution is -2.28. The molecular formula is C10H15NO3. The Morgan fingerprint density at radius 2 is 2.36 bits per heavy atom. The number of carboxylic acids is 1. The number of carbonyl (C=O) groups excluding carboxylic acids is 1. The highest BCUT2D eigenvalue weighted by Crippen LogP contribution is 2.17. The van der Waals surface area contributed by atoms with E-state index in [0.717, 1.165) is 12.8 Å². The second-order valence-corrected chi connectivity index (χ2v) is 3.33. The average Bonchev–Trinajstić information content (AvgIpc) is 2.52. The molecule has 1 aliphatic heterocycles. The summed E-state index contributed by atoms with van der Waals surface area (Å²) in [4.78, 5) is 23.6. The van der Waals surface area contributed by atoms with Crippen LogP contribution in [0.25, 0.3) is 0 Å². The number of rotatable bonds is 4. The van der Waals surface area contributed by atoms with Gasteiger partial charge in [0.2, 0.25) is 5.91 Å². The van der Waals surface area contributed by atoms with Gasteiger partial charge in [-0.25, -0.2) is 4.79 Å². The largest absolute Gasteiger partial charge is 0.477 e. The highest BCUT2D eigenvalue weighted by atomic mass is 16.4. The first-order valence-electron chi connectivity index (χ1n) is 4.90. The van der Waals surface area contributed by atoms with Gasteiger partial charge in [0.1, 0.15) is 5.70 Å². The van der Waals surface area contributed by atoms with E-state index in [0.29, 0.717) is 19.4 Å². The van der Waals surface area contributed by atoms with Crippen LogP contribution < -0.4 is 0 Å². The van der Waals surface area contributed by atoms with Crippen molar-refractivity contribution in [2.75, 3.05) is 6.54 Å². The van der Waals surface area contributed by atoms with Crippen LogP contribution in [0.3, 0.4) is 0 Å². The third-order valence-electron chi connectivity index (χ3n) is 2.21. The van der Waals surface area contributed by atoms with Crippen molar-refractivity contribution in [3.63, 3.8) is 0 Å². The quantitative estimate of drug-likeness (QED) is 0.692. The average molecular weight is 197 g/mol. The molecule has 1 N–H and O–H groups in total. The number of nitrogens with zero attached hydrogens (tertiary/aromatic N) is 1. The molecule has 1 saturated heterocycles. The number of carboxylic acid groups (broad SMARTS) is 1. The van der Waals surface area contributed by atoms with E-state index in [9.17, 15) is 9.59 Å². The van der Waals surface area contributed by atoms with Crippen LogP contribution in [0.4, 0.5) is 0 Å². The van der Waals surface area contributed by atoms with Crippen LogP contribution in [0.5, 0.6) is 0 Å². The van der Waals surface area contributed by atoms with E-state index < -0.39 is 5.97 Å². The molecule has 0 aromatic carbocycles. The molecule has 1 aliphatic rings.